The molecule has 0 aliphatic carbocycles. The number of rotatable bonds is 4. The van der Waals surface area contributed by atoms with Gasteiger partial charge in [-0.1, -0.05) is 31.0 Å². The lowest BCUT2D eigenvalue weighted by Gasteiger charge is -2.25. The number of carbonyl (C=O) groups excluding carboxylic acids is 1. The van der Waals surface area contributed by atoms with Crippen LogP contribution >= 0.6 is 0 Å². The lowest BCUT2D eigenvalue weighted by Crippen LogP contribution is -2.32. The number of aliphatic carboxylic acids is 1. The maximum atomic E-state index is 12.1. The zero-order chi connectivity index (χ0) is 15.1. The molecule has 1 N–H and O–H groups in total. The minimum Gasteiger partial charge on any atom is -0.478 e. The number of amides is 1. The van der Waals surface area contributed by atoms with Crippen LogP contribution in [0.4, 0.5) is 0 Å². The molecule has 0 bridgehead atoms. The third-order valence-electron chi connectivity index (χ3n) is 3.66. The molecule has 1 amide bonds. The fourth-order valence-electron chi connectivity index (χ4n) is 2.57. The first-order chi connectivity index (χ1) is 10.1. The van der Waals surface area contributed by atoms with Gasteiger partial charge in [0.25, 0.3) is 0 Å². The van der Waals surface area contributed by atoms with E-state index in [1.54, 1.807) is 6.08 Å². The highest BCUT2D eigenvalue weighted by Crippen LogP contribution is 2.16. The lowest BCUT2D eigenvalue weighted by molar-refractivity contribution is -0.132. The summed E-state index contributed by atoms with van der Waals surface area (Å²) in [5, 5.41) is 8.66. The lowest BCUT2D eigenvalue weighted by atomic mass is 10.1. The second-order valence-corrected chi connectivity index (χ2v) is 5.40. The highest BCUT2D eigenvalue weighted by atomic mass is 16.4. The summed E-state index contributed by atoms with van der Waals surface area (Å²) in [6.45, 7) is 1.42. The summed E-state index contributed by atoms with van der Waals surface area (Å²) in [4.78, 5) is 24.6. The van der Waals surface area contributed by atoms with E-state index in [0.717, 1.165) is 43.0 Å². The van der Waals surface area contributed by atoms with Gasteiger partial charge in [0.1, 0.15) is 0 Å². The molecule has 112 valence electrons. The molecule has 1 aliphatic rings. The molecule has 2 rings (SSSR count). The second-order valence-electron chi connectivity index (χ2n) is 5.40. The van der Waals surface area contributed by atoms with Crippen LogP contribution in [0.3, 0.4) is 0 Å². The van der Waals surface area contributed by atoms with Crippen molar-refractivity contribution in [1.82, 2.24) is 4.90 Å². The van der Waals surface area contributed by atoms with Gasteiger partial charge in [-0.05, 0) is 36.1 Å². The maximum Gasteiger partial charge on any atom is 0.328 e. The van der Waals surface area contributed by atoms with Gasteiger partial charge in [-0.25, -0.2) is 4.79 Å². The van der Waals surface area contributed by atoms with Gasteiger partial charge < -0.3 is 10.0 Å². The van der Waals surface area contributed by atoms with E-state index in [0.29, 0.717) is 13.0 Å². The van der Waals surface area contributed by atoms with E-state index >= 15 is 0 Å². The molecule has 0 radical (unpaired) electrons. The van der Waals surface area contributed by atoms with E-state index in [9.17, 15) is 9.59 Å². The average Bonchev–Trinajstić information content (AvgIpc) is 2.45. The van der Waals surface area contributed by atoms with E-state index in [2.05, 4.69) is 0 Å². The van der Waals surface area contributed by atoms with Gasteiger partial charge in [-0.2, -0.15) is 0 Å². The fourth-order valence-corrected chi connectivity index (χ4v) is 2.57. The topological polar surface area (TPSA) is 57.6 Å². The van der Waals surface area contributed by atoms with E-state index in [4.69, 9.17) is 5.11 Å². The van der Waals surface area contributed by atoms with E-state index < -0.39 is 5.97 Å². The third kappa shape index (κ3) is 5.06. The predicted molar refractivity (Wildman–Crippen MR) is 81.6 cm³/mol. The van der Waals surface area contributed by atoms with Crippen LogP contribution in [0.25, 0.3) is 6.08 Å². The SMILES string of the molecule is O=C(O)C=Cc1cccc(CN2CCCCCCC2=O)c1. The van der Waals surface area contributed by atoms with Gasteiger partial charge in [0, 0.05) is 25.6 Å². The van der Waals surface area contributed by atoms with Crippen molar-refractivity contribution in [2.45, 2.75) is 38.6 Å². The van der Waals surface area contributed by atoms with Crippen LogP contribution in [0.5, 0.6) is 0 Å². The Kier molecular flexibility index (Phi) is 5.55. The molecule has 4 heteroatoms. The number of benzene rings is 1. The molecular weight excluding hydrogens is 266 g/mol. The Bertz CT molecular complexity index is 537. The molecule has 0 aromatic heterocycles. The van der Waals surface area contributed by atoms with Gasteiger partial charge in [-0.3, -0.25) is 4.79 Å². The van der Waals surface area contributed by atoms with Crippen molar-refractivity contribution in [2.24, 2.45) is 0 Å². The van der Waals surface area contributed by atoms with Crippen LogP contribution in [-0.4, -0.2) is 28.4 Å². The number of carboxylic acids is 1. The first-order valence-electron chi connectivity index (χ1n) is 7.43. The second kappa shape index (κ2) is 7.62. The fraction of sp³-hybridized carbons (Fsp3) is 0.412. The number of carbonyl (C=O) groups is 2. The summed E-state index contributed by atoms with van der Waals surface area (Å²) in [5.74, 6) is -0.736. The minimum atomic E-state index is -0.959. The Morgan fingerprint density at radius 1 is 1.24 bits per heavy atom. The molecule has 21 heavy (non-hydrogen) atoms. The van der Waals surface area contributed by atoms with Gasteiger partial charge in [-0.15, -0.1) is 0 Å². The number of likely N-dealkylation sites (tertiary alicyclic amines) is 1. The minimum absolute atomic E-state index is 0.223. The summed E-state index contributed by atoms with van der Waals surface area (Å²) < 4.78 is 0. The highest BCUT2D eigenvalue weighted by molar-refractivity contribution is 5.85. The van der Waals surface area contributed by atoms with Crippen molar-refractivity contribution in [3.05, 3.63) is 41.5 Å². The molecule has 1 heterocycles. The normalized spacial score (nSPS) is 16.8. The number of carboxylic acid groups (broad SMARTS) is 1. The molecule has 0 saturated carbocycles. The standard InChI is InChI=1S/C17H21NO3/c19-16-8-3-1-2-4-11-18(16)13-15-7-5-6-14(12-15)9-10-17(20)21/h5-7,9-10,12H,1-4,8,11,13H2,(H,20,21). The van der Waals surface area contributed by atoms with E-state index in [1.807, 2.05) is 29.2 Å². The van der Waals surface area contributed by atoms with Crippen LogP contribution in [0.2, 0.25) is 0 Å². The molecule has 1 aromatic rings. The van der Waals surface area contributed by atoms with E-state index in [1.165, 1.54) is 6.42 Å². The Balaban J connectivity index is 2.05. The Labute approximate surface area is 125 Å². The number of nitrogens with zero attached hydrogens (tertiary/aromatic N) is 1. The molecule has 1 aliphatic heterocycles. The van der Waals surface area contributed by atoms with Gasteiger partial charge >= 0.3 is 5.97 Å². The zero-order valence-electron chi connectivity index (χ0n) is 12.1. The first-order valence-corrected chi connectivity index (χ1v) is 7.43. The number of hydrogen-bond donors (Lipinski definition) is 1. The van der Waals surface area contributed by atoms with Crippen molar-refractivity contribution in [1.29, 1.82) is 0 Å². The largest absolute Gasteiger partial charge is 0.478 e. The van der Waals surface area contributed by atoms with Crippen molar-refractivity contribution in [3.8, 4) is 0 Å². The van der Waals surface area contributed by atoms with Gasteiger partial charge in [0.2, 0.25) is 5.91 Å². The summed E-state index contributed by atoms with van der Waals surface area (Å²) in [7, 11) is 0. The monoisotopic (exact) mass is 287 g/mol. The first kappa shape index (κ1) is 15.3. The molecule has 1 saturated heterocycles. The molecule has 0 spiro atoms. The van der Waals surface area contributed by atoms with E-state index in [-0.39, 0.29) is 5.91 Å². The smallest absolute Gasteiger partial charge is 0.328 e. The summed E-state index contributed by atoms with van der Waals surface area (Å²) in [6, 6.07) is 7.67. The Hall–Kier alpha value is -2.10. The van der Waals surface area contributed by atoms with Gasteiger partial charge in [0.05, 0.1) is 0 Å². The maximum absolute atomic E-state index is 12.1. The Morgan fingerprint density at radius 3 is 2.86 bits per heavy atom. The molecule has 0 unspecified atom stereocenters. The van der Waals surface area contributed by atoms with Crippen LogP contribution in [0, 0.1) is 0 Å². The van der Waals surface area contributed by atoms with Crippen LogP contribution in [0.1, 0.15) is 43.2 Å². The summed E-state index contributed by atoms with van der Waals surface area (Å²) in [6.07, 6.45) is 7.71. The highest BCUT2D eigenvalue weighted by Gasteiger charge is 2.15. The summed E-state index contributed by atoms with van der Waals surface area (Å²) in [5.41, 5.74) is 1.88. The molecule has 1 fully saturated rings. The van der Waals surface area contributed by atoms with Crippen molar-refractivity contribution < 1.29 is 14.7 Å². The van der Waals surface area contributed by atoms with Crippen LogP contribution in [0.15, 0.2) is 30.3 Å². The number of hydrogen-bond acceptors (Lipinski definition) is 2. The van der Waals surface area contributed by atoms with Crippen LogP contribution < -0.4 is 0 Å². The third-order valence-corrected chi connectivity index (χ3v) is 3.66. The predicted octanol–water partition coefficient (Wildman–Crippen LogP) is 3.08. The van der Waals surface area contributed by atoms with Crippen molar-refractivity contribution >= 4 is 18.0 Å². The summed E-state index contributed by atoms with van der Waals surface area (Å²) >= 11 is 0. The average molecular weight is 287 g/mol. The van der Waals surface area contributed by atoms with Crippen molar-refractivity contribution in [2.75, 3.05) is 6.54 Å². The zero-order valence-corrected chi connectivity index (χ0v) is 12.1. The molecule has 0 atom stereocenters. The molecule has 1 aromatic carbocycles. The Morgan fingerprint density at radius 2 is 2.05 bits per heavy atom. The van der Waals surface area contributed by atoms with Gasteiger partial charge in [0.15, 0.2) is 0 Å². The van der Waals surface area contributed by atoms with Crippen molar-refractivity contribution in [3.63, 3.8) is 0 Å². The molecule has 4 nitrogen and oxygen atoms in total. The van der Waals surface area contributed by atoms with Crippen LogP contribution in [-0.2, 0) is 16.1 Å². The molecular formula is C17H21NO3. The quantitative estimate of drug-likeness (QED) is 0.866.